The van der Waals surface area contributed by atoms with E-state index in [-0.39, 0.29) is 11.8 Å². The van der Waals surface area contributed by atoms with Crippen LogP contribution in [0.15, 0.2) is 12.7 Å². The molecule has 0 saturated carbocycles. The third-order valence-electron chi connectivity index (χ3n) is 4.07. The van der Waals surface area contributed by atoms with Gasteiger partial charge in [0.1, 0.15) is 0 Å². The maximum Gasteiger partial charge on any atom is 0.246 e. The quantitative estimate of drug-likeness (QED) is 0.628. The minimum atomic E-state index is -0.0185. The van der Waals surface area contributed by atoms with Gasteiger partial charge in [0, 0.05) is 52.4 Å². The Morgan fingerprint density at radius 1 is 0.950 bits per heavy atom. The number of amides is 2. The molecule has 2 saturated heterocycles. The molecule has 0 aliphatic carbocycles. The molecule has 0 aromatic heterocycles. The number of piperazine rings is 2. The Bertz CT molecular complexity index is 369. The van der Waals surface area contributed by atoms with Crippen molar-refractivity contribution in [2.75, 3.05) is 66.0 Å². The Balaban J connectivity index is 1.73. The van der Waals surface area contributed by atoms with E-state index in [1.165, 1.54) is 6.08 Å². The zero-order chi connectivity index (χ0) is 14.5. The van der Waals surface area contributed by atoms with Crippen molar-refractivity contribution in [1.29, 1.82) is 0 Å². The average Bonchev–Trinajstić information content (AvgIpc) is 2.48. The third kappa shape index (κ3) is 3.80. The minimum absolute atomic E-state index is 0.0185. The Kier molecular flexibility index (Phi) is 5.14. The monoisotopic (exact) mass is 280 g/mol. The maximum absolute atomic E-state index is 12.2. The topological polar surface area (TPSA) is 47.1 Å². The summed E-state index contributed by atoms with van der Waals surface area (Å²) in [5, 5.41) is 0. The van der Waals surface area contributed by atoms with Crippen LogP contribution >= 0.6 is 0 Å². The molecule has 0 unspecified atom stereocenters. The molecule has 0 N–H and O–H groups in total. The maximum atomic E-state index is 12.2. The molecular weight excluding hydrogens is 256 g/mol. The predicted molar refractivity (Wildman–Crippen MR) is 77.3 cm³/mol. The van der Waals surface area contributed by atoms with Gasteiger partial charge in [-0.25, -0.2) is 0 Å². The highest BCUT2D eigenvalue weighted by molar-refractivity contribution is 5.87. The molecule has 0 bridgehead atoms. The molecule has 2 aliphatic heterocycles. The molecule has 0 aromatic carbocycles. The molecule has 2 rings (SSSR count). The van der Waals surface area contributed by atoms with E-state index in [0.29, 0.717) is 19.6 Å². The second-order valence-corrected chi connectivity index (χ2v) is 5.49. The van der Waals surface area contributed by atoms with Gasteiger partial charge in [-0.05, 0) is 13.1 Å². The molecule has 2 amide bonds. The highest BCUT2D eigenvalue weighted by Crippen LogP contribution is 2.05. The van der Waals surface area contributed by atoms with Crippen LogP contribution in [0.25, 0.3) is 0 Å². The summed E-state index contributed by atoms with van der Waals surface area (Å²) in [5.41, 5.74) is 0. The van der Waals surface area contributed by atoms with Crippen molar-refractivity contribution in [3.63, 3.8) is 0 Å². The Morgan fingerprint density at radius 2 is 1.50 bits per heavy atom. The van der Waals surface area contributed by atoms with E-state index in [4.69, 9.17) is 0 Å². The summed E-state index contributed by atoms with van der Waals surface area (Å²) in [4.78, 5) is 31.8. The van der Waals surface area contributed by atoms with Gasteiger partial charge in [-0.2, -0.15) is 0 Å². The number of carbonyl (C=O) groups excluding carboxylic acids is 2. The van der Waals surface area contributed by atoms with Gasteiger partial charge in [0.25, 0.3) is 0 Å². The average molecular weight is 280 g/mol. The number of nitrogens with zero attached hydrogens (tertiary/aromatic N) is 4. The molecule has 0 atom stereocenters. The van der Waals surface area contributed by atoms with Gasteiger partial charge in [0.15, 0.2) is 0 Å². The van der Waals surface area contributed by atoms with Crippen molar-refractivity contribution in [3.8, 4) is 0 Å². The molecule has 6 heteroatoms. The summed E-state index contributed by atoms with van der Waals surface area (Å²) in [6.45, 7) is 10.4. The van der Waals surface area contributed by atoms with Crippen molar-refractivity contribution >= 4 is 11.8 Å². The van der Waals surface area contributed by atoms with Crippen molar-refractivity contribution in [2.24, 2.45) is 0 Å². The molecule has 112 valence electrons. The standard InChI is InChI=1S/C14H24N4O2/c1-3-13(19)17-10-6-16(7-11-17)12-14(20)18-8-4-15(2)5-9-18/h3H,1,4-12H2,2H3. The van der Waals surface area contributed by atoms with E-state index in [1.807, 2.05) is 4.90 Å². The van der Waals surface area contributed by atoms with Gasteiger partial charge in [-0.1, -0.05) is 6.58 Å². The Labute approximate surface area is 120 Å². The van der Waals surface area contributed by atoms with Gasteiger partial charge in [-0.3, -0.25) is 14.5 Å². The van der Waals surface area contributed by atoms with Gasteiger partial charge in [0.05, 0.1) is 6.54 Å². The van der Waals surface area contributed by atoms with Crippen molar-refractivity contribution < 1.29 is 9.59 Å². The van der Waals surface area contributed by atoms with Crippen LogP contribution in [-0.4, -0.2) is 97.4 Å². The van der Waals surface area contributed by atoms with Gasteiger partial charge in [-0.15, -0.1) is 0 Å². The molecule has 20 heavy (non-hydrogen) atoms. The lowest BCUT2D eigenvalue weighted by Gasteiger charge is -2.37. The first kappa shape index (κ1) is 15.0. The van der Waals surface area contributed by atoms with Crippen LogP contribution in [0.5, 0.6) is 0 Å². The fraction of sp³-hybridized carbons (Fsp3) is 0.714. The first-order valence-corrected chi connectivity index (χ1v) is 7.20. The normalized spacial score (nSPS) is 21.9. The lowest BCUT2D eigenvalue weighted by Crippen LogP contribution is -2.53. The number of carbonyl (C=O) groups is 2. The van der Waals surface area contributed by atoms with Gasteiger partial charge in [0.2, 0.25) is 11.8 Å². The van der Waals surface area contributed by atoms with Crippen LogP contribution < -0.4 is 0 Å². The minimum Gasteiger partial charge on any atom is -0.339 e. The molecular formula is C14H24N4O2. The van der Waals surface area contributed by atoms with Crippen LogP contribution in [0.3, 0.4) is 0 Å². The fourth-order valence-corrected chi connectivity index (χ4v) is 2.60. The van der Waals surface area contributed by atoms with Crippen LogP contribution in [0.4, 0.5) is 0 Å². The van der Waals surface area contributed by atoms with E-state index >= 15 is 0 Å². The van der Waals surface area contributed by atoms with Crippen LogP contribution in [0.1, 0.15) is 0 Å². The molecule has 6 nitrogen and oxygen atoms in total. The zero-order valence-electron chi connectivity index (χ0n) is 12.3. The highest BCUT2D eigenvalue weighted by atomic mass is 16.2. The summed E-state index contributed by atoms with van der Waals surface area (Å²) in [7, 11) is 2.08. The molecule has 2 aliphatic rings. The lowest BCUT2D eigenvalue weighted by atomic mass is 10.2. The van der Waals surface area contributed by atoms with E-state index in [1.54, 1.807) is 4.90 Å². The fourth-order valence-electron chi connectivity index (χ4n) is 2.60. The van der Waals surface area contributed by atoms with E-state index < -0.39 is 0 Å². The van der Waals surface area contributed by atoms with Gasteiger partial charge >= 0.3 is 0 Å². The van der Waals surface area contributed by atoms with Crippen LogP contribution in [0.2, 0.25) is 0 Å². The first-order valence-electron chi connectivity index (χ1n) is 7.20. The van der Waals surface area contributed by atoms with Crippen molar-refractivity contribution in [1.82, 2.24) is 19.6 Å². The first-order chi connectivity index (χ1) is 9.60. The van der Waals surface area contributed by atoms with E-state index in [2.05, 4.69) is 23.4 Å². The molecule has 2 heterocycles. The summed E-state index contributed by atoms with van der Waals surface area (Å²) < 4.78 is 0. The number of rotatable bonds is 3. The smallest absolute Gasteiger partial charge is 0.246 e. The Morgan fingerprint density at radius 3 is 2.05 bits per heavy atom. The summed E-state index contributed by atoms with van der Waals surface area (Å²) in [6.07, 6.45) is 1.35. The second-order valence-electron chi connectivity index (χ2n) is 5.49. The number of likely N-dealkylation sites (N-methyl/N-ethyl adjacent to an activating group) is 1. The summed E-state index contributed by atoms with van der Waals surface area (Å²) in [6, 6.07) is 0. The van der Waals surface area contributed by atoms with Crippen LogP contribution in [-0.2, 0) is 9.59 Å². The van der Waals surface area contributed by atoms with Crippen LogP contribution in [0, 0.1) is 0 Å². The molecule has 0 spiro atoms. The van der Waals surface area contributed by atoms with Crippen molar-refractivity contribution in [2.45, 2.75) is 0 Å². The highest BCUT2D eigenvalue weighted by Gasteiger charge is 2.24. The molecule has 2 fully saturated rings. The number of hydrogen-bond donors (Lipinski definition) is 0. The number of hydrogen-bond acceptors (Lipinski definition) is 4. The molecule has 0 radical (unpaired) electrons. The second kappa shape index (κ2) is 6.85. The third-order valence-corrected chi connectivity index (χ3v) is 4.07. The Hall–Kier alpha value is -1.40. The molecule has 0 aromatic rings. The van der Waals surface area contributed by atoms with Crippen molar-refractivity contribution in [3.05, 3.63) is 12.7 Å². The summed E-state index contributed by atoms with van der Waals surface area (Å²) in [5.74, 6) is 0.191. The van der Waals surface area contributed by atoms with Gasteiger partial charge < -0.3 is 14.7 Å². The SMILES string of the molecule is C=CC(=O)N1CCN(CC(=O)N2CCN(C)CC2)CC1. The van der Waals surface area contributed by atoms with E-state index in [0.717, 1.165) is 39.3 Å². The largest absolute Gasteiger partial charge is 0.339 e. The predicted octanol–water partition coefficient (Wildman–Crippen LogP) is -0.909. The zero-order valence-corrected chi connectivity index (χ0v) is 12.3. The summed E-state index contributed by atoms with van der Waals surface area (Å²) >= 11 is 0. The van der Waals surface area contributed by atoms with E-state index in [9.17, 15) is 9.59 Å². The lowest BCUT2D eigenvalue weighted by molar-refractivity contribution is -0.135.